The van der Waals surface area contributed by atoms with Gasteiger partial charge in [-0.1, -0.05) is 43.9 Å². The number of unbranched alkanes of at least 4 members (excludes halogenated alkanes) is 5. The molecule has 1 amide bonds. The number of phenolic OH excluding ortho intramolecular Hbond substituents is 1. The number of hydrogen-bond acceptors (Lipinski definition) is 9. The van der Waals surface area contributed by atoms with E-state index in [-0.39, 0.29) is 34.0 Å². The van der Waals surface area contributed by atoms with Crippen molar-refractivity contribution in [2.75, 3.05) is 45.2 Å². The molecule has 3 aromatic carbocycles. The number of carboxylic acid groups (broad SMARTS) is 1. The molecular formula is C45H48N4O7. The molecule has 4 aromatic rings. The Morgan fingerprint density at radius 1 is 0.821 bits per heavy atom. The number of rotatable bonds is 19. The molecule has 0 saturated heterocycles. The van der Waals surface area contributed by atoms with Crippen LogP contribution in [0.5, 0.6) is 11.5 Å². The highest BCUT2D eigenvalue weighted by Gasteiger charge is 2.23. The van der Waals surface area contributed by atoms with Crippen molar-refractivity contribution in [1.29, 1.82) is 0 Å². The van der Waals surface area contributed by atoms with Crippen LogP contribution >= 0.6 is 0 Å². The Balaban J connectivity index is 0.958. The minimum atomic E-state index is -1.16. The van der Waals surface area contributed by atoms with Crippen molar-refractivity contribution in [2.45, 2.75) is 45.1 Å². The largest absolute Gasteiger partial charge is 0.508 e. The smallest absolute Gasteiger partial charge is 0.336 e. The van der Waals surface area contributed by atoms with Gasteiger partial charge in [0.2, 0.25) is 0 Å². The van der Waals surface area contributed by atoms with Gasteiger partial charge in [-0.25, -0.2) is 9.78 Å². The molecule has 56 heavy (non-hydrogen) atoms. The number of phenols is 1. The predicted octanol–water partition coefficient (Wildman–Crippen LogP) is 8.08. The summed E-state index contributed by atoms with van der Waals surface area (Å²) in [7, 11) is 3.84. The molecule has 1 aliphatic heterocycles. The number of pyridine rings is 1. The molecule has 3 N–H and O–H groups in total. The number of aromatic carboxylic acids is 1. The van der Waals surface area contributed by atoms with E-state index in [2.05, 4.69) is 45.3 Å². The average Bonchev–Trinajstić information content (AvgIpc) is 3.20. The number of methoxy groups -OCH3 is 1. The number of aromatic hydroxyl groups is 1. The van der Waals surface area contributed by atoms with Crippen LogP contribution in [0.1, 0.15) is 64.8 Å². The lowest BCUT2D eigenvalue weighted by Crippen LogP contribution is -2.34. The maximum Gasteiger partial charge on any atom is 0.336 e. The van der Waals surface area contributed by atoms with Crippen LogP contribution in [0.25, 0.3) is 33.4 Å². The lowest BCUT2D eigenvalue weighted by Gasteiger charge is -2.27. The van der Waals surface area contributed by atoms with E-state index in [1.165, 1.54) is 42.0 Å². The van der Waals surface area contributed by atoms with Crippen LogP contribution in [-0.4, -0.2) is 72.3 Å². The first kappa shape index (κ1) is 39.5. The lowest BCUT2D eigenvalue weighted by molar-refractivity contribution is 0.0697. The summed E-state index contributed by atoms with van der Waals surface area (Å²) in [6, 6.07) is 27.5. The topological polar surface area (TPSA) is 145 Å². The molecule has 0 fully saturated rings. The second-order valence-corrected chi connectivity index (χ2v) is 14.0. The van der Waals surface area contributed by atoms with Gasteiger partial charge in [-0.15, -0.1) is 0 Å². The summed E-state index contributed by atoms with van der Waals surface area (Å²) in [4.78, 5) is 47.1. The van der Waals surface area contributed by atoms with Crippen LogP contribution in [0.15, 0.2) is 112 Å². The van der Waals surface area contributed by atoms with Gasteiger partial charge < -0.3 is 34.5 Å². The summed E-state index contributed by atoms with van der Waals surface area (Å²) in [6.45, 7) is 4.07. The number of aromatic nitrogens is 1. The monoisotopic (exact) mass is 756 g/mol. The van der Waals surface area contributed by atoms with Gasteiger partial charge in [0.05, 0.1) is 12.7 Å². The zero-order valence-electron chi connectivity index (χ0n) is 31.9. The Kier molecular flexibility index (Phi) is 13.3. The standard InChI is InChI=1S/C45H48N4O7/c1-48(25-26-49(42-11-7-9-22-46-42)30-31-12-17-35(55-2)18-13-31)24-10-6-4-3-5-8-23-47-44(52)32-14-19-36(45(53)54)39(27-32)43-37-20-15-33(50)28-40(37)56-41-29-34(51)16-21-38(41)43/h7,9,11-22,27-29,50H,3-6,8,10,23-26,30H2,1-2H3,(H,47,52)(H,53,54). The fourth-order valence-corrected chi connectivity index (χ4v) is 6.92. The van der Waals surface area contributed by atoms with E-state index in [0.29, 0.717) is 34.2 Å². The first-order valence-corrected chi connectivity index (χ1v) is 19.0. The summed E-state index contributed by atoms with van der Waals surface area (Å²) in [5.74, 6) is 0.550. The number of carboxylic acids is 1. The highest BCUT2D eigenvalue weighted by atomic mass is 16.5. The number of carbonyl (C=O) groups is 2. The van der Waals surface area contributed by atoms with Gasteiger partial charge in [0.1, 0.15) is 28.7 Å². The van der Waals surface area contributed by atoms with E-state index < -0.39 is 5.97 Å². The summed E-state index contributed by atoms with van der Waals surface area (Å²) in [5, 5.41) is 23.7. The van der Waals surface area contributed by atoms with E-state index in [0.717, 1.165) is 76.3 Å². The second kappa shape index (κ2) is 18.9. The van der Waals surface area contributed by atoms with E-state index in [1.54, 1.807) is 25.3 Å². The number of nitrogens with zero attached hydrogens (tertiary/aromatic N) is 3. The number of anilines is 1. The molecule has 0 atom stereocenters. The fraction of sp³-hybridized carbons (Fsp3) is 0.289. The zero-order valence-corrected chi connectivity index (χ0v) is 31.9. The van der Waals surface area contributed by atoms with Crippen molar-refractivity contribution in [3.05, 3.63) is 130 Å². The van der Waals surface area contributed by atoms with Gasteiger partial charge in [-0.05, 0) is 104 Å². The Hall–Kier alpha value is -6.20. The molecule has 2 heterocycles. The molecule has 2 aliphatic rings. The van der Waals surface area contributed by atoms with Gasteiger partial charge in [-0.2, -0.15) is 0 Å². The number of carbonyl (C=O) groups excluding carboxylic acids is 1. The van der Waals surface area contributed by atoms with E-state index in [4.69, 9.17) is 9.15 Å². The van der Waals surface area contributed by atoms with E-state index in [9.17, 15) is 24.6 Å². The maximum atomic E-state index is 13.3. The SMILES string of the molecule is COc1ccc(CN(CCN(C)CCCCCCCCNC(=O)c2ccc(C(=O)O)c(-c3c4ccc(=O)cc-4oc4cc(O)ccc34)c2)c2ccccn2)cc1. The van der Waals surface area contributed by atoms with Crippen LogP contribution in [0.2, 0.25) is 0 Å². The summed E-state index contributed by atoms with van der Waals surface area (Å²) in [5.41, 5.74) is 2.85. The molecule has 0 spiro atoms. The molecule has 1 aliphatic carbocycles. The van der Waals surface area contributed by atoms with Crippen LogP contribution in [-0.2, 0) is 6.54 Å². The highest BCUT2D eigenvalue weighted by molar-refractivity contribution is 6.09. The number of fused-ring (bicyclic) bond motifs is 2. The molecule has 6 rings (SSSR count). The molecular weight excluding hydrogens is 709 g/mol. The minimum absolute atomic E-state index is 0.00278. The van der Waals surface area contributed by atoms with Crippen LogP contribution < -0.4 is 20.4 Å². The fourth-order valence-electron chi connectivity index (χ4n) is 6.92. The second-order valence-electron chi connectivity index (χ2n) is 14.0. The normalized spacial score (nSPS) is 11.3. The van der Waals surface area contributed by atoms with E-state index in [1.807, 2.05) is 30.5 Å². The van der Waals surface area contributed by atoms with Gasteiger partial charge in [0, 0.05) is 66.6 Å². The Labute approximate surface area is 326 Å². The van der Waals surface area contributed by atoms with Gasteiger partial charge in [-0.3, -0.25) is 9.59 Å². The Morgan fingerprint density at radius 3 is 2.36 bits per heavy atom. The van der Waals surface area contributed by atoms with Crippen LogP contribution in [0.4, 0.5) is 5.82 Å². The van der Waals surface area contributed by atoms with Crippen molar-refractivity contribution in [2.24, 2.45) is 0 Å². The number of nitrogens with one attached hydrogen (secondary N) is 1. The van der Waals surface area contributed by atoms with Crippen LogP contribution in [0, 0.1) is 0 Å². The van der Waals surface area contributed by atoms with Crippen LogP contribution in [0.3, 0.4) is 0 Å². The van der Waals surface area contributed by atoms with E-state index >= 15 is 0 Å². The average molecular weight is 757 g/mol. The molecule has 0 bridgehead atoms. The third-order valence-corrected chi connectivity index (χ3v) is 9.97. The summed E-state index contributed by atoms with van der Waals surface area (Å²) >= 11 is 0. The number of benzene rings is 4. The first-order valence-electron chi connectivity index (χ1n) is 19.0. The zero-order chi connectivity index (χ0) is 39.4. The number of ether oxygens (including phenoxy) is 1. The number of amides is 1. The van der Waals surface area contributed by atoms with Gasteiger partial charge >= 0.3 is 5.97 Å². The lowest BCUT2D eigenvalue weighted by atomic mass is 9.89. The first-order chi connectivity index (χ1) is 27.2. The maximum absolute atomic E-state index is 13.3. The molecule has 290 valence electrons. The van der Waals surface area contributed by atoms with Crippen molar-refractivity contribution >= 4 is 28.7 Å². The van der Waals surface area contributed by atoms with Crippen molar-refractivity contribution in [1.82, 2.24) is 15.2 Å². The Morgan fingerprint density at radius 2 is 1.61 bits per heavy atom. The van der Waals surface area contributed by atoms with Crippen molar-refractivity contribution in [3.8, 4) is 33.9 Å². The molecule has 0 radical (unpaired) electrons. The highest BCUT2D eigenvalue weighted by Crippen LogP contribution is 2.42. The quantitative estimate of drug-likeness (QED) is 0.0548. The summed E-state index contributed by atoms with van der Waals surface area (Å²) < 4.78 is 11.2. The van der Waals surface area contributed by atoms with Crippen molar-refractivity contribution < 1.29 is 29.0 Å². The number of hydrogen-bond donors (Lipinski definition) is 3. The molecule has 11 nitrogen and oxygen atoms in total. The minimum Gasteiger partial charge on any atom is -0.508 e. The van der Waals surface area contributed by atoms with Gasteiger partial charge in [0.15, 0.2) is 5.43 Å². The summed E-state index contributed by atoms with van der Waals surface area (Å²) in [6.07, 6.45) is 8.10. The predicted molar refractivity (Wildman–Crippen MR) is 219 cm³/mol. The third-order valence-electron chi connectivity index (χ3n) is 9.97. The third kappa shape index (κ3) is 10.1. The molecule has 0 saturated carbocycles. The molecule has 0 unspecified atom stereocenters. The number of likely N-dealkylation sites (N-methyl/N-ethyl adjacent to an activating group) is 1. The van der Waals surface area contributed by atoms with Crippen molar-refractivity contribution in [3.63, 3.8) is 0 Å². The Bertz CT molecular complexity index is 2270. The molecule has 11 heteroatoms. The molecule has 1 aromatic heterocycles. The van der Waals surface area contributed by atoms with Gasteiger partial charge in [0.25, 0.3) is 5.91 Å².